The fourth-order valence-electron chi connectivity index (χ4n) is 2.85. The maximum Gasteiger partial charge on any atom is 0.0448 e. The van der Waals surface area contributed by atoms with Crippen molar-refractivity contribution in [2.24, 2.45) is 11.7 Å². The van der Waals surface area contributed by atoms with Gasteiger partial charge in [-0.1, -0.05) is 12.1 Å². The smallest absolute Gasteiger partial charge is 0.0448 e. The molecule has 1 heterocycles. The Labute approximate surface area is 115 Å². The summed E-state index contributed by atoms with van der Waals surface area (Å²) in [5.41, 5.74) is 8.70. The standard InChI is InChI=1S/C15H24N2S/c1-3-17(14-6-4-5-12(2)9-14)15(10-16)13-7-8-18-11-13/h4-6,9,13,15H,3,7-8,10-11,16H2,1-2H3. The highest BCUT2D eigenvalue weighted by Gasteiger charge is 2.28. The summed E-state index contributed by atoms with van der Waals surface area (Å²) >= 11 is 2.07. The molecule has 100 valence electrons. The number of hydrogen-bond acceptors (Lipinski definition) is 3. The summed E-state index contributed by atoms with van der Waals surface area (Å²) in [5.74, 6) is 3.32. The minimum atomic E-state index is 0.492. The van der Waals surface area contributed by atoms with Gasteiger partial charge in [-0.05, 0) is 55.4 Å². The summed E-state index contributed by atoms with van der Waals surface area (Å²) in [6.07, 6.45) is 1.31. The summed E-state index contributed by atoms with van der Waals surface area (Å²) in [4.78, 5) is 2.49. The van der Waals surface area contributed by atoms with Gasteiger partial charge in [0.2, 0.25) is 0 Å². The number of likely N-dealkylation sites (N-methyl/N-ethyl adjacent to an activating group) is 1. The lowest BCUT2D eigenvalue weighted by atomic mass is 9.97. The lowest BCUT2D eigenvalue weighted by Crippen LogP contribution is -2.46. The first-order valence-electron chi connectivity index (χ1n) is 6.87. The SMILES string of the molecule is CCN(c1cccc(C)c1)C(CN)C1CCSC1. The van der Waals surface area contributed by atoms with Crippen LogP contribution in [0.15, 0.2) is 24.3 Å². The van der Waals surface area contributed by atoms with Crippen molar-refractivity contribution in [1.82, 2.24) is 0 Å². The maximum atomic E-state index is 6.05. The summed E-state index contributed by atoms with van der Waals surface area (Å²) in [6, 6.07) is 9.27. The van der Waals surface area contributed by atoms with Gasteiger partial charge in [-0.25, -0.2) is 0 Å². The van der Waals surface area contributed by atoms with E-state index in [1.54, 1.807) is 0 Å². The van der Waals surface area contributed by atoms with Crippen LogP contribution in [0.4, 0.5) is 5.69 Å². The molecule has 3 heteroatoms. The van der Waals surface area contributed by atoms with E-state index in [2.05, 4.69) is 54.8 Å². The summed E-state index contributed by atoms with van der Waals surface area (Å²) in [5, 5.41) is 0. The second-order valence-corrected chi connectivity index (χ2v) is 6.20. The summed E-state index contributed by atoms with van der Waals surface area (Å²) in [7, 11) is 0. The average molecular weight is 264 g/mol. The molecular formula is C15H24N2S. The second kappa shape index (κ2) is 6.48. The minimum Gasteiger partial charge on any atom is -0.367 e. The number of hydrogen-bond donors (Lipinski definition) is 1. The van der Waals surface area contributed by atoms with Gasteiger partial charge in [0.15, 0.2) is 0 Å². The molecule has 0 spiro atoms. The van der Waals surface area contributed by atoms with E-state index >= 15 is 0 Å². The Hall–Kier alpha value is -0.670. The van der Waals surface area contributed by atoms with Gasteiger partial charge in [-0.3, -0.25) is 0 Å². The van der Waals surface area contributed by atoms with Gasteiger partial charge in [-0.2, -0.15) is 11.8 Å². The highest BCUT2D eigenvalue weighted by Crippen LogP contribution is 2.31. The fourth-order valence-corrected chi connectivity index (χ4v) is 4.17. The van der Waals surface area contributed by atoms with Gasteiger partial charge in [0.25, 0.3) is 0 Å². The van der Waals surface area contributed by atoms with Crippen molar-refractivity contribution in [3.63, 3.8) is 0 Å². The lowest BCUT2D eigenvalue weighted by Gasteiger charge is -2.36. The zero-order chi connectivity index (χ0) is 13.0. The van der Waals surface area contributed by atoms with Crippen LogP contribution in [0.2, 0.25) is 0 Å². The van der Waals surface area contributed by atoms with Crippen LogP contribution in [-0.4, -0.2) is 30.6 Å². The Morgan fingerprint density at radius 2 is 2.33 bits per heavy atom. The molecule has 2 nitrogen and oxygen atoms in total. The zero-order valence-corrected chi connectivity index (χ0v) is 12.2. The van der Waals surface area contributed by atoms with E-state index in [0.29, 0.717) is 6.04 Å². The molecule has 1 fully saturated rings. The molecule has 2 rings (SSSR count). The first-order chi connectivity index (χ1) is 8.76. The number of rotatable bonds is 5. The number of aryl methyl sites for hydroxylation is 1. The molecule has 1 aliphatic heterocycles. The molecule has 0 aliphatic carbocycles. The molecule has 1 aromatic rings. The molecule has 0 aromatic heterocycles. The molecule has 1 aliphatic rings. The fraction of sp³-hybridized carbons (Fsp3) is 0.600. The topological polar surface area (TPSA) is 29.3 Å². The number of nitrogens with zero attached hydrogens (tertiary/aromatic N) is 1. The van der Waals surface area contributed by atoms with Gasteiger partial charge in [-0.15, -0.1) is 0 Å². The average Bonchev–Trinajstić information content (AvgIpc) is 2.89. The normalized spacial score (nSPS) is 20.9. The number of nitrogens with two attached hydrogens (primary N) is 1. The van der Waals surface area contributed by atoms with E-state index in [1.807, 2.05) is 0 Å². The van der Waals surface area contributed by atoms with Gasteiger partial charge < -0.3 is 10.6 Å². The van der Waals surface area contributed by atoms with Crippen LogP contribution >= 0.6 is 11.8 Å². The van der Waals surface area contributed by atoms with E-state index in [0.717, 1.165) is 19.0 Å². The maximum absolute atomic E-state index is 6.05. The molecule has 0 radical (unpaired) electrons. The number of anilines is 1. The Morgan fingerprint density at radius 1 is 1.50 bits per heavy atom. The molecule has 18 heavy (non-hydrogen) atoms. The van der Waals surface area contributed by atoms with E-state index in [-0.39, 0.29) is 0 Å². The molecule has 2 unspecified atom stereocenters. The van der Waals surface area contributed by atoms with Crippen LogP contribution in [-0.2, 0) is 0 Å². The van der Waals surface area contributed by atoms with Crippen LogP contribution in [0.25, 0.3) is 0 Å². The highest BCUT2D eigenvalue weighted by atomic mass is 32.2. The third-order valence-electron chi connectivity index (χ3n) is 3.82. The molecule has 0 amide bonds. The highest BCUT2D eigenvalue weighted by molar-refractivity contribution is 7.99. The van der Waals surface area contributed by atoms with E-state index in [4.69, 9.17) is 5.73 Å². The van der Waals surface area contributed by atoms with Crippen molar-refractivity contribution in [3.05, 3.63) is 29.8 Å². The van der Waals surface area contributed by atoms with Crippen molar-refractivity contribution >= 4 is 17.4 Å². The van der Waals surface area contributed by atoms with E-state index < -0.39 is 0 Å². The molecular weight excluding hydrogens is 240 g/mol. The van der Waals surface area contributed by atoms with Gasteiger partial charge >= 0.3 is 0 Å². The second-order valence-electron chi connectivity index (χ2n) is 5.05. The van der Waals surface area contributed by atoms with Crippen LogP contribution in [0.5, 0.6) is 0 Å². The molecule has 0 saturated carbocycles. The van der Waals surface area contributed by atoms with Crippen LogP contribution < -0.4 is 10.6 Å². The summed E-state index contributed by atoms with van der Waals surface area (Å²) in [6.45, 7) is 6.17. The molecule has 2 atom stereocenters. The van der Waals surface area contributed by atoms with Crippen LogP contribution in [0.1, 0.15) is 18.9 Å². The largest absolute Gasteiger partial charge is 0.367 e. The molecule has 1 saturated heterocycles. The van der Waals surface area contributed by atoms with Gasteiger partial charge in [0.1, 0.15) is 0 Å². The first-order valence-corrected chi connectivity index (χ1v) is 8.02. The molecule has 1 aromatic carbocycles. The lowest BCUT2D eigenvalue weighted by molar-refractivity contribution is 0.442. The van der Waals surface area contributed by atoms with Crippen LogP contribution in [0, 0.1) is 12.8 Å². The minimum absolute atomic E-state index is 0.492. The first kappa shape index (κ1) is 13.8. The van der Waals surface area contributed by atoms with Crippen LogP contribution in [0.3, 0.4) is 0 Å². The Morgan fingerprint density at radius 3 is 2.89 bits per heavy atom. The van der Waals surface area contributed by atoms with Crippen molar-refractivity contribution in [1.29, 1.82) is 0 Å². The van der Waals surface area contributed by atoms with Gasteiger partial charge in [0.05, 0.1) is 0 Å². The molecule has 2 N–H and O–H groups in total. The van der Waals surface area contributed by atoms with Crippen molar-refractivity contribution in [2.75, 3.05) is 29.5 Å². The predicted molar refractivity (Wildman–Crippen MR) is 82.5 cm³/mol. The Kier molecular flexibility index (Phi) is 4.95. The van der Waals surface area contributed by atoms with Crippen molar-refractivity contribution in [2.45, 2.75) is 26.3 Å². The third-order valence-corrected chi connectivity index (χ3v) is 5.01. The third kappa shape index (κ3) is 3.01. The number of benzene rings is 1. The Balaban J connectivity index is 2.19. The molecule has 0 bridgehead atoms. The zero-order valence-electron chi connectivity index (χ0n) is 11.4. The monoisotopic (exact) mass is 264 g/mol. The van der Waals surface area contributed by atoms with Crippen molar-refractivity contribution in [3.8, 4) is 0 Å². The van der Waals surface area contributed by atoms with Gasteiger partial charge in [0, 0.05) is 24.8 Å². The summed E-state index contributed by atoms with van der Waals surface area (Å²) < 4.78 is 0. The quantitative estimate of drug-likeness (QED) is 0.886. The Bertz CT molecular complexity index is 375. The van der Waals surface area contributed by atoms with E-state index in [1.165, 1.54) is 29.2 Å². The van der Waals surface area contributed by atoms with Crippen molar-refractivity contribution < 1.29 is 0 Å². The predicted octanol–water partition coefficient (Wildman–Crippen LogP) is 2.90. The number of thioether (sulfide) groups is 1. The van der Waals surface area contributed by atoms with E-state index in [9.17, 15) is 0 Å².